The molecule has 0 aliphatic heterocycles. The zero-order valence-corrected chi connectivity index (χ0v) is 8.91. The molecule has 0 unspecified atom stereocenters. The highest BCUT2D eigenvalue weighted by Crippen LogP contribution is 2.04. The number of nitrogens with one attached hydrogen (secondary N) is 1. The molecule has 0 aromatic carbocycles. The first kappa shape index (κ1) is 11.7. The van der Waals surface area contributed by atoms with Crippen LogP contribution in [0.5, 0.6) is 0 Å². The molecule has 1 N–H and O–H groups in total. The van der Waals surface area contributed by atoms with E-state index >= 15 is 0 Å². The lowest BCUT2D eigenvalue weighted by Gasteiger charge is -2.00. The second kappa shape index (κ2) is 7.97. The summed E-state index contributed by atoms with van der Waals surface area (Å²) < 4.78 is 0. The van der Waals surface area contributed by atoms with Crippen molar-refractivity contribution in [3.63, 3.8) is 0 Å². The van der Waals surface area contributed by atoms with Crippen molar-refractivity contribution in [1.29, 1.82) is 0 Å². The predicted octanol–water partition coefficient (Wildman–Crippen LogP) is 1.84. The summed E-state index contributed by atoms with van der Waals surface area (Å²) in [4.78, 5) is 14.1. The number of hydrogen-bond acceptors (Lipinski definition) is 2. The fraction of sp³-hybridized carbons (Fsp3) is 0.500. The first-order chi connectivity index (χ1) is 7.43. The zero-order valence-electron chi connectivity index (χ0n) is 8.91. The van der Waals surface area contributed by atoms with Crippen LogP contribution >= 0.6 is 0 Å². The van der Waals surface area contributed by atoms with Crippen LogP contribution in [0.25, 0.3) is 0 Å². The molecule has 0 saturated carbocycles. The first-order valence-electron chi connectivity index (χ1n) is 5.43. The number of aromatic nitrogens is 1. The Kier molecular flexibility index (Phi) is 6.21. The number of carbonyl (C=O) groups excluding carboxylic acids is 1. The van der Waals surface area contributed by atoms with Crippen LogP contribution in [0.1, 0.15) is 31.4 Å². The minimum Gasteiger partial charge on any atom is -0.348 e. The summed E-state index contributed by atoms with van der Waals surface area (Å²) in [5, 5.41) is 2.54. The fourth-order valence-electron chi connectivity index (χ4n) is 1.47. The van der Waals surface area contributed by atoms with Crippen molar-refractivity contribution in [2.24, 2.45) is 0 Å². The molecule has 0 fully saturated rings. The number of unbranched alkanes of at least 4 members (excludes halogenated alkanes) is 3. The summed E-state index contributed by atoms with van der Waals surface area (Å²) in [6, 6.07) is 6.01. The van der Waals surface area contributed by atoms with Gasteiger partial charge < -0.3 is 5.32 Å². The minimum atomic E-state index is 0.743. The lowest BCUT2D eigenvalue weighted by Crippen LogP contribution is -2.11. The maximum atomic E-state index is 9.83. The van der Waals surface area contributed by atoms with E-state index < -0.39 is 0 Å². The number of rotatable bonds is 8. The van der Waals surface area contributed by atoms with Crippen molar-refractivity contribution in [2.75, 3.05) is 6.54 Å². The Morgan fingerprint density at radius 1 is 1.20 bits per heavy atom. The number of pyridine rings is 1. The summed E-state index contributed by atoms with van der Waals surface area (Å²) >= 11 is 0. The lowest BCUT2D eigenvalue weighted by atomic mass is 10.1. The van der Waals surface area contributed by atoms with Gasteiger partial charge in [-0.1, -0.05) is 18.9 Å². The highest BCUT2D eigenvalue weighted by atomic mass is 16.1. The summed E-state index contributed by atoms with van der Waals surface area (Å²) in [6.07, 6.45) is 9.11. The zero-order chi connectivity index (χ0) is 10.8. The predicted molar refractivity (Wildman–Crippen MR) is 60.1 cm³/mol. The Hall–Kier alpha value is -1.38. The van der Waals surface area contributed by atoms with Crippen molar-refractivity contribution < 1.29 is 4.79 Å². The van der Waals surface area contributed by atoms with E-state index in [1.165, 1.54) is 12.8 Å². The maximum absolute atomic E-state index is 9.83. The molecule has 0 atom stereocenters. The molecule has 1 aromatic heterocycles. The van der Waals surface area contributed by atoms with Crippen molar-refractivity contribution >= 4 is 6.41 Å². The highest BCUT2D eigenvalue weighted by molar-refractivity contribution is 5.46. The highest BCUT2D eigenvalue weighted by Gasteiger charge is 1.93. The molecule has 3 nitrogen and oxygen atoms in total. The van der Waals surface area contributed by atoms with E-state index in [9.17, 15) is 4.79 Å². The summed E-state index contributed by atoms with van der Waals surface area (Å²) in [5.74, 6) is 0. The molecule has 1 amide bonds. The third-order valence-electron chi connectivity index (χ3n) is 2.28. The van der Waals surface area contributed by atoms with Gasteiger partial charge in [-0.3, -0.25) is 9.78 Å². The normalized spacial score (nSPS) is 9.87. The van der Waals surface area contributed by atoms with E-state index in [0.29, 0.717) is 0 Å². The summed E-state index contributed by atoms with van der Waals surface area (Å²) in [6.45, 7) is 0.743. The van der Waals surface area contributed by atoms with Crippen LogP contribution < -0.4 is 5.32 Å². The van der Waals surface area contributed by atoms with Gasteiger partial charge in [0.25, 0.3) is 0 Å². The van der Waals surface area contributed by atoms with E-state index in [1.807, 2.05) is 18.3 Å². The van der Waals surface area contributed by atoms with Crippen LogP contribution in [0.4, 0.5) is 0 Å². The third-order valence-corrected chi connectivity index (χ3v) is 2.28. The van der Waals surface area contributed by atoms with Gasteiger partial charge in [-0.25, -0.2) is 0 Å². The second-order valence-electron chi connectivity index (χ2n) is 3.51. The van der Waals surface area contributed by atoms with Gasteiger partial charge >= 0.3 is 6.41 Å². The van der Waals surface area contributed by atoms with Gasteiger partial charge in [-0.15, -0.1) is 0 Å². The Balaban J connectivity index is 1.95. The van der Waals surface area contributed by atoms with E-state index in [4.69, 9.17) is 0 Å². The number of amides is 1. The van der Waals surface area contributed by atoms with Crippen LogP contribution in [-0.4, -0.2) is 17.9 Å². The minimum absolute atomic E-state index is 0.743. The monoisotopic (exact) mass is 205 g/mol. The van der Waals surface area contributed by atoms with Gasteiger partial charge in [0.1, 0.15) is 0 Å². The van der Waals surface area contributed by atoms with Gasteiger partial charge in [-0.2, -0.15) is 0 Å². The van der Waals surface area contributed by atoms with Crippen LogP contribution in [0.2, 0.25) is 0 Å². The molecule has 0 saturated heterocycles. The Bertz CT molecular complexity index is 262. The molecule has 0 bridgehead atoms. The molecule has 0 aliphatic rings. The van der Waals surface area contributed by atoms with E-state index in [-0.39, 0.29) is 0 Å². The molecular weight excluding hydrogens is 188 g/mol. The topological polar surface area (TPSA) is 42.0 Å². The SMILES string of the molecule is O=[C]NCCCCCCc1ccccn1. The van der Waals surface area contributed by atoms with Gasteiger partial charge in [0, 0.05) is 18.4 Å². The van der Waals surface area contributed by atoms with E-state index in [0.717, 1.165) is 31.5 Å². The maximum Gasteiger partial charge on any atom is 0.309 e. The van der Waals surface area contributed by atoms with Crippen molar-refractivity contribution in [1.82, 2.24) is 10.3 Å². The summed E-state index contributed by atoms with van der Waals surface area (Å²) in [7, 11) is 0. The van der Waals surface area contributed by atoms with Gasteiger partial charge in [-0.05, 0) is 31.4 Å². The molecule has 81 valence electrons. The van der Waals surface area contributed by atoms with Crippen molar-refractivity contribution in [3.05, 3.63) is 30.1 Å². The van der Waals surface area contributed by atoms with Gasteiger partial charge in [0.15, 0.2) is 0 Å². The number of aryl methyl sites for hydroxylation is 1. The molecular formula is C12H17N2O. The molecule has 3 heteroatoms. The molecule has 15 heavy (non-hydrogen) atoms. The van der Waals surface area contributed by atoms with Crippen LogP contribution in [0.15, 0.2) is 24.4 Å². The smallest absolute Gasteiger partial charge is 0.309 e. The number of nitrogens with zero attached hydrogens (tertiary/aromatic N) is 1. The third kappa shape index (κ3) is 5.83. The molecule has 0 aliphatic carbocycles. The molecule has 1 heterocycles. The second-order valence-corrected chi connectivity index (χ2v) is 3.51. The Labute approximate surface area is 90.9 Å². The molecule has 0 spiro atoms. The van der Waals surface area contributed by atoms with Crippen molar-refractivity contribution in [3.8, 4) is 0 Å². The molecule has 1 aromatic rings. The van der Waals surface area contributed by atoms with E-state index in [1.54, 1.807) is 6.41 Å². The lowest BCUT2D eigenvalue weighted by molar-refractivity contribution is 0.536. The van der Waals surface area contributed by atoms with Gasteiger partial charge in [0.2, 0.25) is 0 Å². The molecule has 1 radical (unpaired) electrons. The molecule has 1 rings (SSSR count). The Morgan fingerprint density at radius 3 is 2.80 bits per heavy atom. The van der Waals surface area contributed by atoms with E-state index in [2.05, 4.69) is 16.4 Å². The number of hydrogen-bond donors (Lipinski definition) is 1. The van der Waals surface area contributed by atoms with Crippen molar-refractivity contribution in [2.45, 2.75) is 32.1 Å². The van der Waals surface area contributed by atoms with Crippen LogP contribution in [0.3, 0.4) is 0 Å². The first-order valence-corrected chi connectivity index (χ1v) is 5.43. The largest absolute Gasteiger partial charge is 0.348 e. The average Bonchev–Trinajstić information content (AvgIpc) is 2.29. The Morgan fingerprint density at radius 2 is 2.07 bits per heavy atom. The fourth-order valence-corrected chi connectivity index (χ4v) is 1.47. The summed E-state index contributed by atoms with van der Waals surface area (Å²) in [5.41, 5.74) is 1.16. The quantitative estimate of drug-likeness (QED) is 0.519. The van der Waals surface area contributed by atoms with Crippen LogP contribution in [-0.2, 0) is 11.2 Å². The van der Waals surface area contributed by atoms with Gasteiger partial charge in [0.05, 0.1) is 0 Å². The van der Waals surface area contributed by atoms with Crippen LogP contribution in [0, 0.1) is 0 Å². The standard InChI is InChI=1S/C12H17N2O/c15-11-13-9-5-2-1-3-7-12-8-4-6-10-14-12/h4,6,8,10H,1-3,5,7,9H2,(H,13,15). The average molecular weight is 205 g/mol.